The maximum Gasteiger partial charge on any atom is 0.282 e. The molecule has 0 saturated heterocycles. The number of halogens is 1. The van der Waals surface area contributed by atoms with Crippen LogP contribution in [0, 0.1) is 0 Å². The molecule has 8 heteroatoms. The van der Waals surface area contributed by atoms with Crippen LogP contribution in [-0.4, -0.2) is 49.0 Å². The number of hydrogen-bond acceptors (Lipinski definition) is 5. The number of aliphatic imine (C=N–C) groups is 1. The fourth-order valence-electron chi connectivity index (χ4n) is 2.84. The molecule has 1 heterocycles. The molecule has 0 bridgehead atoms. The van der Waals surface area contributed by atoms with Gasteiger partial charge >= 0.3 is 0 Å². The summed E-state index contributed by atoms with van der Waals surface area (Å²) in [5, 5.41) is 0.858. The van der Waals surface area contributed by atoms with Gasteiger partial charge in [-0.3, -0.25) is 4.79 Å². The Labute approximate surface area is 174 Å². The SMILES string of the molecule is COc1cc2c(=O)nc(N(C)Cc3cccc(/N=C(\C)N(C)C)c3)[nH]c2cc1Cl. The van der Waals surface area contributed by atoms with Crippen molar-refractivity contribution in [2.45, 2.75) is 13.5 Å². The Kier molecular flexibility index (Phi) is 6.08. The molecule has 0 amide bonds. The number of methoxy groups -OCH3 is 1. The molecule has 0 fully saturated rings. The highest BCUT2D eigenvalue weighted by Crippen LogP contribution is 2.28. The Hall–Kier alpha value is -3.06. The predicted octanol–water partition coefficient (Wildman–Crippen LogP) is 3.83. The number of nitrogens with zero attached hydrogens (tertiary/aromatic N) is 4. The van der Waals surface area contributed by atoms with E-state index in [1.165, 1.54) is 7.11 Å². The average molecular weight is 414 g/mol. The van der Waals surface area contributed by atoms with Crippen LogP contribution in [0.25, 0.3) is 10.9 Å². The van der Waals surface area contributed by atoms with Crippen LogP contribution in [0.2, 0.25) is 5.02 Å². The summed E-state index contributed by atoms with van der Waals surface area (Å²) in [6, 6.07) is 11.2. The second kappa shape index (κ2) is 8.53. The molecule has 1 aromatic heterocycles. The Balaban J connectivity index is 1.89. The van der Waals surface area contributed by atoms with Gasteiger partial charge in [0.25, 0.3) is 5.56 Å². The van der Waals surface area contributed by atoms with Gasteiger partial charge in [-0.1, -0.05) is 23.7 Å². The van der Waals surface area contributed by atoms with Crippen molar-refractivity contribution in [3.63, 3.8) is 0 Å². The molecule has 0 atom stereocenters. The van der Waals surface area contributed by atoms with Crippen molar-refractivity contribution in [2.24, 2.45) is 4.99 Å². The van der Waals surface area contributed by atoms with E-state index >= 15 is 0 Å². The molecule has 7 nitrogen and oxygen atoms in total. The summed E-state index contributed by atoms with van der Waals surface area (Å²) in [7, 11) is 7.30. The minimum Gasteiger partial charge on any atom is -0.495 e. The highest BCUT2D eigenvalue weighted by Gasteiger charge is 2.12. The Morgan fingerprint density at radius 2 is 2.00 bits per heavy atom. The summed E-state index contributed by atoms with van der Waals surface area (Å²) in [5.41, 5.74) is 2.20. The summed E-state index contributed by atoms with van der Waals surface area (Å²) in [6.45, 7) is 2.52. The fourth-order valence-corrected chi connectivity index (χ4v) is 3.08. The van der Waals surface area contributed by atoms with Crippen LogP contribution in [0.5, 0.6) is 5.75 Å². The Morgan fingerprint density at radius 3 is 2.69 bits per heavy atom. The van der Waals surface area contributed by atoms with Gasteiger partial charge in [0.15, 0.2) is 0 Å². The molecule has 0 aliphatic rings. The number of amidine groups is 1. The summed E-state index contributed by atoms with van der Waals surface area (Å²) in [4.78, 5) is 28.3. The lowest BCUT2D eigenvalue weighted by atomic mass is 10.2. The van der Waals surface area contributed by atoms with Crippen molar-refractivity contribution in [1.29, 1.82) is 0 Å². The minimum atomic E-state index is -0.337. The molecule has 0 spiro atoms. The molecule has 29 heavy (non-hydrogen) atoms. The summed E-state index contributed by atoms with van der Waals surface area (Å²) < 4.78 is 5.18. The van der Waals surface area contributed by atoms with Gasteiger partial charge < -0.3 is 19.5 Å². The zero-order valence-electron chi connectivity index (χ0n) is 17.2. The summed E-state index contributed by atoms with van der Waals surface area (Å²) in [5.74, 6) is 1.82. The molecule has 0 radical (unpaired) electrons. The second-order valence-corrected chi connectivity index (χ2v) is 7.38. The first kappa shape index (κ1) is 20.7. The van der Waals surface area contributed by atoms with Gasteiger partial charge in [-0.15, -0.1) is 0 Å². The molecule has 1 N–H and O–H groups in total. The van der Waals surface area contributed by atoms with Crippen LogP contribution in [0.3, 0.4) is 0 Å². The van der Waals surface area contributed by atoms with E-state index in [1.807, 2.05) is 62.1 Å². The van der Waals surface area contributed by atoms with Crippen LogP contribution in [-0.2, 0) is 6.54 Å². The normalized spacial score (nSPS) is 11.6. The maximum absolute atomic E-state index is 12.5. The van der Waals surface area contributed by atoms with E-state index < -0.39 is 0 Å². The molecule has 152 valence electrons. The maximum atomic E-state index is 12.5. The standard InChI is InChI=1S/C21H24ClN5O2/c1-13(26(2)3)23-15-8-6-7-14(9-15)12-27(4)21-24-18-11-17(22)19(29-5)10-16(18)20(28)25-21/h6-11H,12H2,1-5H3,(H,24,25,28)/b23-13+. The third-order valence-corrected chi connectivity index (χ3v) is 4.90. The van der Waals surface area contributed by atoms with E-state index in [1.54, 1.807) is 12.1 Å². The number of nitrogens with one attached hydrogen (secondary N) is 1. The van der Waals surface area contributed by atoms with E-state index in [9.17, 15) is 4.79 Å². The van der Waals surface area contributed by atoms with Gasteiger partial charge in [-0.05, 0) is 36.8 Å². The number of rotatable bonds is 5. The topological polar surface area (TPSA) is 73.8 Å². The lowest BCUT2D eigenvalue weighted by Gasteiger charge is -2.18. The third kappa shape index (κ3) is 4.68. The van der Waals surface area contributed by atoms with Crippen LogP contribution in [0.1, 0.15) is 12.5 Å². The molecule has 0 unspecified atom stereocenters. The first-order chi connectivity index (χ1) is 13.8. The van der Waals surface area contributed by atoms with Crippen molar-refractivity contribution >= 4 is 40.0 Å². The van der Waals surface area contributed by atoms with Gasteiger partial charge in [-0.2, -0.15) is 4.98 Å². The molecule has 0 saturated carbocycles. The second-order valence-electron chi connectivity index (χ2n) is 6.98. The average Bonchev–Trinajstić information content (AvgIpc) is 2.67. The first-order valence-corrected chi connectivity index (χ1v) is 9.46. The zero-order valence-corrected chi connectivity index (χ0v) is 17.9. The highest BCUT2D eigenvalue weighted by molar-refractivity contribution is 6.32. The van der Waals surface area contributed by atoms with Crippen molar-refractivity contribution in [3.8, 4) is 5.75 Å². The quantitative estimate of drug-likeness (QED) is 0.508. The molecule has 3 rings (SSSR count). The van der Waals surface area contributed by atoms with E-state index in [0.717, 1.165) is 17.1 Å². The Morgan fingerprint density at radius 1 is 1.24 bits per heavy atom. The van der Waals surface area contributed by atoms with E-state index in [4.69, 9.17) is 16.3 Å². The first-order valence-electron chi connectivity index (χ1n) is 9.08. The van der Waals surface area contributed by atoms with Crippen molar-refractivity contribution in [2.75, 3.05) is 33.2 Å². The van der Waals surface area contributed by atoms with Crippen molar-refractivity contribution in [3.05, 3.63) is 57.3 Å². The van der Waals surface area contributed by atoms with Crippen molar-refractivity contribution in [1.82, 2.24) is 14.9 Å². The molecule has 0 aliphatic heterocycles. The largest absolute Gasteiger partial charge is 0.495 e. The van der Waals surface area contributed by atoms with Gasteiger partial charge in [0, 0.05) is 27.7 Å². The number of aromatic nitrogens is 2. The van der Waals surface area contributed by atoms with E-state index in [2.05, 4.69) is 15.0 Å². The van der Waals surface area contributed by atoms with Gasteiger partial charge in [0.2, 0.25) is 5.95 Å². The van der Waals surface area contributed by atoms with Crippen LogP contribution in [0.4, 0.5) is 11.6 Å². The molecule has 3 aromatic rings. The van der Waals surface area contributed by atoms with Crippen LogP contribution < -0.4 is 15.2 Å². The zero-order chi connectivity index (χ0) is 21.1. The number of aromatic amines is 1. The number of fused-ring (bicyclic) bond motifs is 1. The highest BCUT2D eigenvalue weighted by atomic mass is 35.5. The summed E-state index contributed by atoms with van der Waals surface area (Å²) >= 11 is 6.20. The molecular weight excluding hydrogens is 390 g/mol. The number of benzene rings is 2. The van der Waals surface area contributed by atoms with Crippen LogP contribution in [0.15, 0.2) is 46.2 Å². The van der Waals surface area contributed by atoms with Gasteiger partial charge in [0.05, 0.1) is 28.7 Å². The smallest absolute Gasteiger partial charge is 0.282 e. The number of ether oxygens (including phenoxy) is 1. The Bertz CT molecular complexity index is 1120. The number of anilines is 1. The molecule has 2 aromatic carbocycles. The fraction of sp³-hybridized carbons (Fsp3) is 0.286. The minimum absolute atomic E-state index is 0.337. The predicted molar refractivity (Wildman–Crippen MR) is 119 cm³/mol. The summed E-state index contributed by atoms with van der Waals surface area (Å²) in [6.07, 6.45) is 0. The third-order valence-electron chi connectivity index (χ3n) is 4.61. The number of hydrogen-bond donors (Lipinski definition) is 1. The van der Waals surface area contributed by atoms with Gasteiger partial charge in [0.1, 0.15) is 11.6 Å². The lowest BCUT2D eigenvalue weighted by molar-refractivity contribution is 0.415. The monoisotopic (exact) mass is 413 g/mol. The van der Waals surface area contributed by atoms with Gasteiger partial charge in [-0.25, -0.2) is 4.99 Å². The lowest BCUT2D eigenvalue weighted by Crippen LogP contribution is -2.22. The van der Waals surface area contributed by atoms with E-state index in [0.29, 0.717) is 34.2 Å². The number of H-pyrrole nitrogens is 1. The molecule has 0 aliphatic carbocycles. The molecular formula is C21H24ClN5O2. The van der Waals surface area contributed by atoms with Crippen LogP contribution >= 0.6 is 11.6 Å². The van der Waals surface area contributed by atoms with Crippen molar-refractivity contribution < 1.29 is 4.74 Å². The van der Waals surface area contributed by atoms with E-state index in [-0.39, 0.29) is 5.56 Å².